The molecule has 5 nitrogen and oxygen atoms in total. The Labute approximate surface area is 271 Å². The number of aryl methyl sites for hydroxylation is 1. The van der Waals surface area contributed by atoms with Crippen LogP contribution in [0.4, 0.5) is 0 Å². The molecule has 6 heteroatoms. The number of carbonyl (C=O) groups is 2. The Morgan fingerprint density at radius 1 is 0.864 bits per heavy atom. The van der Waals surface area contributed by atoms with Crippen LogP contribution in [0, 0.1) is 17.8 Å². The van der Waals surface area contributed by atoms with Crippen LogP contribution in [0.2, 0.25) is 0 Å². The number of allylic oxidation sites excluding steroid dienone is 4. The third-order valence-corrected chi connectivity index (χ3v) is 10.5. The van der Waals surface area contributed by atoms with Gasteiger partial charge < -0.3 is 14.4 Å². The molecule has 4 aliphatic rings. The number of carbonyl (C=O) groups excluding carboxylic acids is 2. The molecule has 0 atom stereocenters. The zero-order chi connectivity index (χ0) is 31.4. The summed E-state index contributed by atoms with van der Waals surface area (Å²) >= 11 is 3.79. The molecule has 234 valence electrons. The lowest BCUT2D eigenvalue weighted by atomic mass is 9.63. The second kappa shape index (κ2) is 11.8. The number of halogens is 1. The molecule has 2 aromatic rings. The third-order valence-electron chi connectivity index (χ3n) is 9.94. The van der Waals surface area contributed by atoms with E-state index in [1.807, 2.05) is 18.2 Å². The fourth-order valence-corrected chi connectivity index (χ4v) is 8.69. The summed E-state index contributed by atoms with van der Waals surface area (Å²) in [6.45, 7) is 11.3. The molecule has 0 amide bonds. The molecule has 44 heavy (non-hydrogen) atoms. The summed E-state index contributed by atoms with van der Waals surface area (Å²) in [5.74, 6) is 1.13. The molecule has 0 bridgehead atoms. The lowest BCUT2D eigenvalue weighted by molar-refractivity contribution is -0.119. The minimum absolute atomic E-state index is 0.134. The largest absolute Gasteiger partial charge is 0.493 e. The first-order valence-electron chi connectivity index (χ1n) is 16.2. The van der Waals surface area contributed by atoms with Crippen LogP contribution in [0.3, 0.4) is 0 Å². The molecule has 0 unspecified atom stereocenters. The predicted molar refractivity (Wildman–Crippen MR) is 178 cm³/mol. The second-order valence-electron chi connectivity index (χ2n) is 15.0. The van der Waals surface area contributed by atoms with Crippen molar-refractivity contribution in [2.75, 3.05) is 7.11 Å². The molecule has 1 fully saturated rings. The van der Waals surface area contributed by atoms with Crippen molar-refractivity contribution in [2.24, 2.45) is 10.8 Å². The Bertz CT molecular complexity index is 1500. The molecule has 0 radical (unpaired) electrons. The van der Waals surface area contributed by atoms with Crippen LogP contribution in [0.25, 0.3) is 0 Å². The third kappa shape index (κ3) is 5.91. The van der Waals surface area contributed by atoms with E-state index in [2.05, 4.69) is 73.6 Å². The molecule has 3 aliphatic carbocycles. The maximum atomic E-state index is 14.3. The van der Waals surface area contributed by atoms with Crippen LogP contribution in [0.1, 0.15) is 108 Å². The summed E-state index contributed by atoms with van der Waals surface area (Å²) in [7, 11) is 1.65. The molecule has 0 aromatic heterocycles. The number of methoxy groups -OCH3 is 1. The minimum atomic E-state index is -0.414. The molecule has 0 saturated heterocycles. The van der Waals surface area contributed by atoms with Gasteiger partial charge in [-0.25, -0.2) is 0 Å². The van der Waals surface area contributed by atoms with Crippen molar-refractivity contribution in [3.8, 4) is 11.5 Å². The van der Waals surface area contributed by atoms with Gasteiger partial charge in [0.25, 0.3) is 0 Å². The quantitative estimate of drug-likeness (QED) is 0.309. The Balaban J connectivity index is 1.50. The summed E-state index contributed by atoms with van der Waals surface area (Å²) < 4.78 is 13.0. The summed E-state index contributed by atoms with van der Waals surface area (Å²) in [6.07, 6.45) is 8.49. The highest BCUT2D eigenvalue weighted by Crippen LogP contribution is 2.56. The summed E-state index contributed by atoms with van der Waals surface area (Å²) in [4.78, 5) is 31.1. The SMILES string of the molecule is COc1cc(C2C3=C(CC(C)(C)CC3=O)N(C3CCCCC3)C3=C2C(=O)CC(C)(C)C3)cc(Br)c1OCc1cccc(C)c1. The molecular formula is C38H46BrNO4. The maximum absolute atomic E-state index is 14.3. The molecule has 6 rings (SSSR count). The first-order chi connectivity index (χ1) is 20.9. The number of nitrogens with zero attached hydrogens (tertiary/aromatic N) is 1. The molecule has 0 N–H and O–H groups in total. The molecule has 1 aliphatic heterocycles. The fourth-order valence-electron chi connectivity index (χ4n) is 8.11. The van der Waals surface area contributed by atoms with Gasteiger partial charge in [0.05, 0.1) is 11.6 Å². The van der Waals surface area contributed by atoms with Crippen molar-refractivity contribution in [3.05, 3.63) is 80.1 Å². The van der Waals surface area contributed by atoms with E-state index in [9.17, 15) is 9.59 Å². The first-order valence-corrected chi connectivity index (χ1v) is 17.0. The number of Topliss-reactive ketones (excluding diaryl/α,β-unsaturated/α-hetero) is 2. The average molecular weight is 661 g/mol. The Hall–Kier alpha value is -2.86. The molecule has 2 aromatic carbocycles. The normalized spacial score (nSPS) is 22.2. The number of hydrogen-bond acceptors (Lipinski definition) is 5. The lowest BCUT2D eigenvalue weighted by Crippen LogP contribution is -2.48. The van der Waals surface area contributed by atoms with E-state index in [-0.39, 0.29) is 22.4 Å². The number of benzene rings is 2. The number of rotatable bonds is 6. The highest BCUT2D eigenvalue weighted by Gasteiger charge is 2.50. The van der Waals surface area contributed by atoms with Crippen molar-refractivity contribution in [1.29, 1.82) is 0 Å². The van der Waals surface area contributed by atoms with Gasteiger partial charge in [-0.3, -0.25) is 9.59 Å². The van der Waals surface area contributed by atoms with E-state index in [0.29, 0.717) is 37.0 Å². The zero-order valence-corrected chi connectivity index (χ0v) is 28.7. The van der Waals surface area contributed by atoms with Gasteiger partial charge in [-0.2, -0.15) is 0 Å². The van der Waals surface area contributed by atoms with Crippen LogP contribution in [0.5, 0.6) is 11.5 Å². The number of ketones is 2. The van der Waals surface area contributed by atoms with Crippen molar-refractivity contribution in [2.45, 2.75) is 111 Å². The van der Waals surface area contributed by atoms with Gasteiger partial charge in [0.2, 0.25) is 0 Å². The standard InChI is InChI=1S/C38H46BrNO4/c1-23-11-10-12-24(15-23)22-44-36-27(39)16-25(17-32(36)43-6)33-34-28(18-37(2,3)20-30(34)41)40(26-13-8-7-9-14-26)29-19-38(4,5)21-31(42)35(29)33/h10-12,15-17,26,33H,7-9,13-14,18-22H2,1-6H3. The van der Waals surface area contributed by atoms with Gasteiger partial charge in [-0.05, 0) is 82.6 Å². The van der Waals surface area contributed by atoms with Crippen LogP contribution in [-0.2, 0) is 16.2 Å². The molecular weight excluding hydrogens is 614 g/mol. The monoisotopic (exact) mass is 659 g/mol. The van der Waals surface area contributed by atoms with Gasteiger partial charge in [0.1, 0.15) is 6.61 Å². The first kappa shape index (κ1) is 31.1. The van der Waals surface area contributed by atoms with E-state index in [1.54, 1.807) is 7.11 Å². The van der Waals surface area contributed by atoms with E-state index < -0.39 is 5.92 Å². The van der Waals surface area contributed by atoms with Crippen molar-refractivity contribution in [1.82, 2.24) is 4.90 Å². The van der Waals surface area contributed by atoms with Crippen LogP contribution in [0.15, 0.2) is 63.4 Å². The lowest BCUT2D eigenvalue weighted by Gasteiger charge is -2.52. The zero-order valence-electron chi connectivity index (χ0n) is 27.1. The van der Waals surface area contributed by atoms with E-state index >= 15 is 0 Å². The van der Waals surface area contributed by atoms with Gasteiger partial charge in [-0.15, -0.1) is 0 Å². The van der Waals surface area contributed by atoms with Crippen LogP contribution in [-0.4, -0.2) is 29.6 Å². The highest BCUT2D eigenvalue weighted by molar-refractivity contribution is 9.10. The van der Waals surface area contributed by atoms with Gasteiger partial charge in [-0.1, -0.05) is 76.8 Å². The minimum Gasteiger partial charge on any atom is -0.493 e. The van der Waals surface area contributed by atoms with Crippen LogP contribution >= 0.6 is 15.9 Å². The number of ether oxygens (including phenoxy) is 2. The summed E-state index contributed by atoms with van der Waals surface area (Å²) in [6, 6.07) is 12.6. The van der Waals surface area contributed by atoms with Gasteiger partial charge in [0, 0.05) is 47.3 Å². The molecule has 1 saturated carbocycles. The molecule has 1 heterocycles. The van der Waals surface area contributed by atoms with Crippen LogP contribution < -0.4 is 9.47 Å². The fraction of sp³-hybridized carbons (Fsp3) is 0.526. The molecule has 0 spiro atoms. The van der Waals surface area contributed by atoms with E-state index in [4.69, 9.17) is 9.47 Å². The Kier molecular flexibility index (Phi) is 8.36. The van der Waals surface area contributed by atoms with Crippen molar-refractivity contribution < 1.29 is 19.1 Å². The Morgan fingerprint density at radius 3 is 2.05 bits per heavy atom. The van der Waals surface area contributed by atoms with E-state index in [0.717, 1.165) is 63.8 Å². The maximum Gasteiger partial charge on any atom is 0.175 e. The van der Waals surface area contributed by atoms with Crippen molar-refractivity contribution >= 4 is 27.5 Å². The summed E-state index contributed by atoms with van der Waals surface area (Å²) in [5, 5.41) is 0. The predicted octanol–water partition coefficient (Wildman–Crippen LogP) is 9.36. The van der Waals surface area contributed by atoms with Gasteiger partial charge in [0.15, 0.2) is 23.1 Å². The Morgan fingerprint density at radius 2 is 1.48 bits per heavy atom. The number of hydrogen-bond donors (Lipinski definition) is 0. The summed E-state index contributed by atoms with van der Waals surface area (Å²) in [5.41, 5.74) is 6.85. The smallest absolute Gasteiger partial charge is 0.175 e. The second-order valence-corrected chi connectivity index (χ2v) is 15.9. The highest BCUT2D eigenvalue weighted by atomic mass is 79.9. The van der Waals surface area contributed by atoms with E-state index in [1.165, 1.54) is 24.8 Å². The topological polar surface area (TPSA) is 55.8 Å². The van der Waals surface area contributed by atoms with Gasteiger partial charge >= 0.3 is 0 Å². The average Bonchev–Trinajstić information content (AvgIpc) is 2.94. The van der Waals surface area contributed by atoms with Crippen molar-refractivity contribution in [3.63, 3.8) is 0 Å².